The van der Waals surface area contributed by atoms with Crippen molar-refractivity contribution in [1.29, 1.82) is 0 Å². The van der Waals surface area contributed by atoms with E-state index in [1.54, 1.807) is 6.08 Å². The molecule has 1 N–H and O–H groups in total. The highest BCUT2D eigenvalue weighted by atomic mass is 19.1. The van der Waals surface area contributed by atoms with Gasteiger partial charge >= 0.3 is 0 Å². The van der Waals surface area contributed by atoms with Gasteiger partial charge in [0.05, 0.1) is 0 Å². The maximum Gasteiger partial charge on any atom is 0.257 e. The summed E-state index contributed by atoms with van der Waals surface area (Å²) < 4.78 is 13.3. The fourth-order valence-electron chi connectivity index (χ4n) is 1.14. The van der Waals surface area contributed by atoms with Gasteiger partial charge in [-0.1, -0.05) is 39.8 Å². The topological polar surface area (TPSA) is 29.1 Å². The van der Waals surface area contributed by atoms with Crippen LogP contribution in [0.5, 0.6) is 0 Å². The zero-order valence-electron chi connectivity index (χ0n) is 11.3. The van der Waals surface area contributed by atoms with Gasteiger partial charge in [-0.2, -0.15) is 0 Å². The van der Waals surface area contributed by atoms with E-state index in [-0.39, 0.29) is 0 Å². The molecule has 0 spiro atoms. The fraction of sp³-hybridized carbons (Fsp3) is 0.769. The Hall–Kier alpha value is -0.860. The number of nitrogens with one attached hydrogen (secondary N) is 1. The first-order valence-corrected chi connectivity index (χ1v) is 6.27. The Kier molecular flexibility index (Phi) is 11.7. The van der Waals surface area contributed by atoms with Crippen LogP contribution in [0, 0.1) is 0 Å². The third kappa shape index (κ3) is 5.89. The molecule has 1 aliphatic rings. The predicted molar refractivity (Wildman–Crippen MR) is 68.2 cm³/mol. The van der Waals surface area contributed by atoms with Crippen molar-refractivity contribution in [3.8, 4) is 0 Å². The highest BCUT2D eigenvalue weighted by Gasteiger charge is 2.44. The maximum atomic E-state index is 13.3. The van der Waals surface area contributed by atoms with Crippen LogP contribution < -0.4 is 5.32 Å². The first kappa shape index (κ1) is 17.5. The van der Waals surface area contributed by atoms with Crippen LogP contribution in [0.3, 0.4) is 0 Å². The molecule has 1 saturated carbocycles. The molecule has 3 heteroatoms. The van der Waals surface area contributed by atoms with Crippen molar-refractivity contribution in [2.75, 3.05) is 6.54 Å². The van der Waals surface area contributed by atoms with Crippen molar-refractivity contribution in [2.24, 2.45) is 0 Å². The summed E-state index contributed by atoms with van der Waals surface area (Å²) in [5, 5.41) is 2.53. The molecule has 16 heavy (non-hydrogen) atoms. The lowest BCUT2D eigenvalue weighted by molar-refractivity contribution is -0.138. The monoisotopic (exact) mass is 231 g/mol. The summed E-state index contributed by atoms with van der Waals surface area (Å²) in [6, 6.07) is 0. The number of halogens is 1. The highest BCUT2D eigenvalue weighted by molar-refractivity contribution is 5.86. The third-order valence-corrected chi connectivity index (χ3v) is 2.17. The molecule has 0 aromatic rings. The molecule has 0 aromatic heterocycles. The van der Waals surface area contributed by atoms with E-state index in [0.717, 1.165) is 6.42 Å². The first-order valence-electron chi connectivity index (χ1n) is 6.27. The first-order chi connectivity index (χ1) is 7.69. The largest absolute Gasteiger partial charge is 0.350 e. The summed E-state index contributed by atoms with van der Waals surface area (Å²) in [5.74, 6) is -0.452. The van der Waals surface area contributed by atoms with E-state index >= 15 is 0 Å². The van der Waals surface area contributed by atoms with Gasteiger partial charge in [0.2, 0.25) is 0 Å². The molecule has 0 bridgehead atoms. The summed E-state index contributed by atoms with van der Waals surface area (Å²) in [4.78, 5) is 11.1. The van der Waals surface area contributed by atoms with Gasteiger partial charge in [0, 0.05) is 6.54 Å². The Morgan fingerprint density at radius 2 is 1.81 bits per heavy atom. The Morgan fingerprint density at radius 3 is 2.12 bits per heavy atom. The summed E-state index contributed by atoms with van der Waals surface area (Å²) in [6.07, 6.45) is 5.21. The second kappa shape index (κ2) is 10.7. The predicted octanol–water partition coefficient (Wildman–Crippen LogP) is 3.62. The number of amides is 1. The SMILES string of the molecule is C/C=C/CNC(=O)C1(F)CCC1.CC.CC. The smallest absolute Gasteiger partial charge is 0.257 e. The third-order valence-electron chi connectivity index (χ3n) is 2.17. The minimum Gasteiger partial charge on any atom is -0.350 e. The lowest BCUT2D eigenvalue weighted by atomic mass is 9.81. The molecular weight excluding hydrogens is 205 g/mol. The van der Waals surface area contributed by atoms with Gasteiger partial charge in [0.25, 0.3) is 5.91 Å². The fourth-order valence-corrected chi connectivity index (χ4v) is 1.14. The summed E-state index contributed by atoms with van der Waals surface area (Å²) in [7, 11) is 0. The summed E-state index contributed by atoms with van der Waals surface area (Å²) in [6.45, 7) is 10.3. The van der Waals surface area contributed by atoms with Gasteiger partial charge < -0.3 is 5.32 Å². The van der Waals surface area contributed by atoms with Gasteiger partial charge in [0.1, 0.15) is 0 Å². The van der Waals surface area contributed by atoms with Crippen LogP contribution in [0.2, 0.25) is 0 Å². The zero-order valence-corrected chi connectivity index (χ0v) is 11.3. The molecule has 1 aliphatic carbocycles. The van der Waals surface area contributed by atoms with Crippen molar-refractivity contribution >= 4 is 5.91 Å². The van der Waals surface area contributed by atoms with Crippen LogP contribution in [-0.2, 0) is 4.79 Å². The van der Waals surface area contributed by atoms with Gasteiger partial charge in [-0.15, -0.1) is 0 Å². The molecule has 1 rings (SSSR count). The molecule has 2 nitrogen and oxygen atoms in total. The van der Waals surface area contributed by atoms with E-state index in [9.17, 15) is 9.18 Å². The van der Waals surface area contributed by atoms with E-state index in [2.05, 4.69) is 5.32 Å². The van der Waals surface area contributed by atoms with E-state index in [4.69, 9.17) is 0 Å². The number of hydrogen-bond donors (Lipinski definition) is 1. The second-order valence-electron chi connectivity index (χ2n) is 3.10. The molecule has 0 heterocycles. The Bertz CT molecular complexity index is 198. The number of allylic oxidation sites excluding steroid dienone is 1. The van der Waals surface area contributed by atoms with Gasteiger partial charge in [-0.25, -0.2) is 4.39 Å². The minimum atomic E-state index is -1.55. The minimum absolute atomic E-state index is 0.384. The van der Waals surface area contributed by atoms with Gasteiger partial charge in [0.15, 0.2) is 5.67 Å². The zero-order chi connectivity index (χ0) is 13.0. The Labute approximate surface area is 99.3 Å². The van der Waals surface area contributed by atoms with E-state index in [1.807, 2.05) is 40.7 Å². The summed E-state index contributed by atoms with van der Waals surface area (Å²) in [5.41, 5.74) is -1.55. The molecule has 0 radical (unpaired) electrons. The van der Waals surface area contributed by atoms with Crippen LogP contribution in [0.4, 0.5) is 4.39 Å². The van der Waals surface area contributed by atoms with Crippen molar-refractivity contribution in [3.05, 3.63) is 12.2 Å². The Balaban J connectivity index is 0. The Morgan fingerprint density at radius 1 is 1.31 bits per heavy atom. The van der Waals surface area contributed by atoms with E-state index < -0.39 is 11.6 Å². The normalized spacial score (nSPS) is 16.1. The van der Waals surface area contributed by atoms with Crippen molar-refractivity contribution in [3.63, 3.8) is 0 Å². The van der Waals surface area contributed by atoms with Crippen LogP contribution >= 0.6 is 0 Å². The standard InChI is InChI=1S/C9H14FNO.2C2H6/c1-2-3-7-11-8(12)9(10)5-4-6-9;2*1-2/h2-3H,4-7H2,1H3,(H,11,12);2*1-2H3/b3-2+;;. The van der Waals surface area contributed by atoms with Gasteiger partial charge in [-0.05, 0) is 26.2 Å². The maximum absolute atomic E-state index is 13.3. The number of rotatable bonds is 3. The van der Waals surface area contributed by atoms with Crippen LogP contribution in [0.15, 0.2) is 12.2 Å². The molecule has 0 atom stereocenters. The molecule has 0 unspecified atom stereocenters. The number of hydrogen-bond acceptors (Lipinski definition) is 1. The van der Waals surface area contributed by atoms with E-state index in [0.29, 0.717) is 19.4 Å². The van der Waals surface area contributed by atoms with Crippen molar-refractivity contribution < 1.29 is 9.18 Å². The molecular formula is C13H26FNO. The van der Waals surface area contributed by atoms with Gasteiger partial charge in [-0.3, -0.25) is 4.79 Å². The molecule has 1 amide bonds. The molecule has 1 fully saturated rings. The van der Waals surface area contributed by atoms with Crippen molar-refractivity contribution in [2.45, 2.75) is 59.5 Å². The lowest BCUT2D eigenvalue weighted by Gasteiger charge is -2.31. The average molecular weight is 231 g/mol. The summed E-state index contributed by atoms with van der Waals surface area (Å²) >= 11 is 0. The second-order valence-corrected chi connectivity index (χ2v) is 3.10. The van der Waals surface area contributed by atoms with Crippen LogP contribution in [-0.4, -0.2) is 18.1 Å². The lowest BCUT2D eigenvalue weighted by Crippen LogP contribution is -2.48. The number of carbonyl (C=O) groups excluding carboxylic acids is 1. The molecule has 0 aromatic carbocycles. The van der Waals surface area contributed by atoms with E-state index in [1.165, 1.54) is 0 Å². The van der Waals surface area contributed by atoms with Crippen molar-refractivity contribution in [1.82, 2.24) is 5.32 Å². The molecule has 0 aliphatic heterocycles. The van der Waals surface area contributed by atoms with Crippen LogP contribution in [0.1, 0.15) is 53.9 Å². The average Bonchev–Trinajstić information content (AvgIpc) is 2.31. The molecule has 96 valence electrons. The van der Waals surface area contributed by atoms with Crippen LogP contribution in [0.25, 0.3) is 0 Å². The quantitative estimate of drug-likeness (QED) is 0.738. The highest BCUT2D eigenvalue weighted by Crippen LogP contribution is 2.35. The number of carbonyl (C=O) groups is 1. The molecule has 0 saturated heterocycles. The number of alkyl halides is 1.